The highest BCUT2D eigenvalue weighted by atomic mass is 79.9. The molecule has 0 saturated carbocycles. The molecule has 1 unspecified atom stereocenters. The average Bonchev–Trinajstić information content (AvgIpc) is 3.07. The van der Waals surface area contributed by atoms with E-state index in [0.717, 1.165) is 6.07 Å². The van der Waals surface area contributed by atoms with Crippen molar-refractivity contribution in [2.45, 2.75) is 24.5 Å². The molecule has 1 heterocycles. The number of benzene rings is 2. The van der Waals surface area contributed by atoms with Gasteiger partial charge < -0.3 is 5.73 Å². The molecule has 2 aromatic carbocycles. The summed E-state index contributed by atoms with van der Waals surface area (Å²) in [5.74, 6) is 0. The first-order valence-corrected chi connectivity index (χ1v) is 9.15. The predicted molar refractivity (Wildman–Crippen MR) is 98.4 cm³/mol. The lowest BCUT2D eigenvalue weighted by molar-refractivity contribution is -0.269. The summed E-state index contributed by atoms with van der Waals surface area (Å²) >= 11 is 8.88. The van der Waals surface area contributed by atoms with Gasteiger partial charge in [0.15, 0.2) is 0 Å². The molecule has 0 radical (unpaired) electrons. The minimum absolute atomic E-state index is 0.0960. The highest BCUT2D eigenvalue weighted by Gasteiger charge is 2.60. The molecule has 11 heteroatoms. The van der Waals surface area contributed by atoms with Crippen LogP contribution in [0.5, 0.6) is 0 Å². The Bertz CT molecular complexity index is 976. The molecule has 1 aliphatic heterocycles. The van der Waals surface area contributed by atoms with Crippen LogP contribution in [-0.2, 0) is 23.2 Å². The molecule has 0 aliphatic carbocycles. The Morgan fingerprint density at radius 2 is 1.76 bits per heavy atom. The average molecular weight is 502 g/mol. The number of hydrogen-bond donors (Lipinski definition) is 2. The Hall–Kier alpha value is -1.75. The van der Waals surface area contributed by atoms with E-state index < -0.39 is 29.1 Å². The van der Waals surface area contributed by atoms with Crippen LogP contribution in [-0.4, -0.2) is 6.18 Å². The third kappa shape index (κ3) is 4.11. The van der Waals surface area contributed by atoms with E-state index in [1.807, 2.05) is 0 Å². The van der Waals surface area contributed by atoms with Crippen LogP contribution in [0.15, 0.2) is 46.9 Å². The van der Waals surface area contributed by atoms with E-state index >= 15 is 0 Å². The smallest absolute Gasteiger partial charge is 0.326 e. The third-order valence-corrected chi connectivity index (χ3v) is 5.14. The number of alkyl halides is 6. The van der Waals surface area contributed by atoms with Crippen molar-refractivity contribution in [2.24, 2.45) is 5.73 Å². The highest BCUT2D eigenvalue weighted by molar-refractivity contribution is 9.10. The lowest BCUT2D eigenvalue weighted by Gasteiger charge is -2.29. The van der Waals surface area contributed by atoms with Gasteiger partial charge in [-0.05, 0) is 35.9 Å². The number of rotatable bonds is 3. The number of nitrogens with two attached hydrogens (primary N) is 1. The molecule has 2 aromatic rings. The lowest BCUT2D eigenvalue weighted by Crippen LogP contribution is -2.42. The standard InChI is InChI=1S/C18H12BrClF6N2O/c19-13-5-11(4-12(6-13)17(21,22)23)16(18(24,25)26)7-15(28-29-16)9-1-2-10(8-27)14(20)3-9/h1-7,28H,8,27H2. The van der Waals surface area contributed by atoms with Crippen LogP contribution in [0.3, 0.4) is 0 Å². The molecular formula is C18H12BrClF6N2O. The third-order valence-electron chi connectivity index (χ3n) is 4.33. The van der Waals surface area contributed by atoms with Gasteiger partial charge in [-0.25, -0.2) is 0 Å². The number of nitrogens with one attached hydrogen (secondary N) is 1. The van der Waals surface area contributed by atoms with Gasteiger partial charge in [0.1, 0.15) is 0 Å². The zero-order valence-corrected chi connectivity index (χ0v) is 16.6. The molecule has 0 bridgehead atoms. The Morgan fingerprint density at radius 3 is 2.31 bits per heavy atom. The maximum absolute atomic E-state index is 14.0. The summed E-state index contributed by atoms with van der Waals surface area (Å²) in [5.41, 5.74) is 3.30. The summed E-state index contributed by atoms with van der Waals surface area (Å²) in [6, 6.07) is 6.42. The van der Waals surface area contributed by atoms with Gasteiger partial charge >= 0.3 is 12.4 Å². The molecule has 1 atom stereocenters. The quantitative estimate of drug-likeness (QED) is 0.514. The predicted octanol–water partition coefficient (Wildman–Crippen LogP) is 5.91. The molecule has 0 aromatic heterocycles. The van der Waals surface area contributed by atoms with Gasteiger partial charge in [0.05, 0.1) is 11.3 Å². The number of halogens is 8. The number of hydrogen-bond acceptors (Lipinski definition) is 3. The van der Waals surface area contributed by atoms with Crippen LogP contribution in [0.2, 0.25) is 5.02 Å². The van der Waals surface area contributed by atoms with Gasteiger partial charge in [0.25, 0.3) is 0 Å². The summed E-state index contributed by atoms with van der Waals surface area (Å²) in [6.45, 7) is 0.132. The fourth-order valence-corrected chi connectivity index (χ4v) is 3.58. The Labute approximate surface area is 174 Å². The molecule has 156 valence electrons. The normalized spacial score (nSPS) is 19.8. The summed E-state index contributed by atoms with van der Waals surface area (Å²) in [6.07, 6.45) is -9.22. The second-order valence-electron chi connectivity index (χ2n) is 6.23. The first-order valence-electron chi connectivity index (χ1n) is 7.98. The second-order valence-corrected chi connectivity index (χ2v) is 7.56. The van der Waals surface area contributed by atoms with Crippen molar-refractivity contribution in [2.75, 3.05) is 0 Å². The number of hydroxylamine groups is 1. The maximum Gasteiger partial charge on any atom is 0.428 e. The van der Waals surface area contributed by atoms with E-state index in [4.69, 9.17) is 22.2 Å². The summed E-state index contributed by atoms with van der Waals surface area (Å²) in [4.78, 5) is 4.85. The van der Waals surface area contributed by atoms with Gasteiger partial charge in [0, 0.05) is 27.2 Å². The Morgan fingerprint density at radius 1 is 1.07 bits per heavy atom. The molecule has 0 amide bonds. The van der Waals surface area contributed by atoms with Gasteiger partial charge in [-0.3, -0.25) is 10.3 Å². The maximum atomic E-state index is 14.0. The Balaban J connectivity index is 2.16. The molecule has 0 spiro atoms. The van der Waals surface area contributed by atoms with Crippen LogP contribution in [0.25, 0.3) is 5.70 Å². The van der Waals surface area contributed by atoms with Gasteiger partial charge in [-0.2, -0.15) is 26.3 Å². The molecular weight excluding hydrogens is 490 g/mol. The highest BCUT2D eigenvalue weighted by Crippen LogP contribution is 2.49. The molecule has 3 nitrogen and oxygen atoms in total. The fourth-order valence-electron chi connectivity index (χ4n) is 2.83. The van der Waals surface area contributed by atoms with Crippen LogP contribution >= 0.6 is 27.5 Å². The van der Waals surface area contributed by atoms with E-state index in [-0.39, 0.29) is 27.3 Å². The van der Waals surface area contributed by atoms with Crippen molar-refractivity contribution in [3.63, 3.8) is 0 Å². The zero-order chi connectivity index (χ0) is 21.6. The fraction of sp³-hybridized carbons (Fsp3) is 0.222. The van der Waals surface area contributed by atoms with E-state index in [9.17, 15) is 26.3 Å². The Kier molecular flexibility index (Phi) is 5.67. The van der Waals surface area contributed by atoms with Crippen LogP contribution in [0.1, 0.15) is 22.3 Å². The van der Waals surface area contributed by atoms with Crippen LogP contribution in [0, 0.1) is 0 Å². The van der Waals surface area contributed by atoms with Gasteiger partial charge in [-0.1, -0.05) is 39.7 Å². The summed E-state index contributed by atoms with van der Waals surface area (Å²) < 4.78 is 81.2. The van der Waals surface area contributed by atoms with E-state index in [1.54, 1.807) is 0 Å². The molecule has 29 heavy (non-hydrogen) atoms. The molecule has 3 rings (SSSR count). The van der Waals surface area contributed by atoms with E-state index in [0.29, 0.717) is 23.8 Å². The van der Waals surface area contributed by atoms with Crippen molar-refractivity contribution in [1.29, 1.82) is 0 Å². The van der Waals surface area contributed by atoms with E-state index in [1.165, 1.54) is 18.2 Å². The molecule has 0 saturated heterocycles. The van der Waals surface area contributed by atoms with Gasteiger partial charge in [-0.15, -0.1) is 0 Å². The van der Waals surface area contributed by atoms with Crippen molar-refractivity contribution in [3.05, 3.63) is 74.2 Å². The van der Waals surface area contributed by atoms with Crippen molar-refractivity contribution in [3.8, 4) is 0 Å². The van der Waals surface area contributed by atoms with Gasteiger partial charge in [0.2, 0.25) is 5.60 Å². The first kappa shape index (κ1) is 21.9. The molecule has 0 fully saturated rings. The molecule has 3 N–H and O–H groups in total. The van der Waals surface area contributed by atoms with Crippen LogP contribution in [0.4, 0.5) is 26.3 Å². The first-order chi connectivity index (χ1) is 13.4. The summed E-state index contributed by atoms with van der Waals surface area (Å²) in [5, 5.41) is 0.235. The lowest BCUT2D eigenvalue weighted by atomic mass is 9.90. The second kappa shape index (κ2) is 7.50. The zero-order valence-electron chi connectivity index (χ0n) is 14.3. The largest absolute Gasteiger partial charge is 0.428 e. The summed E-state index contributed by atoms with van der Waals surface area (Å²) in [7, 11) is 0. The van der Waals surface area contributed by atoms with Crippen LogP contribution < -0.4 is 11.2 Å². The minimum Gasteiger partial charge on any atom is -0.326 e. The topological polar surface area (TPSA) is 47.3 Å². The SMILES string of the molecule is NCc1ccc(C2=CC(c3cc(Br)cc(C(F)(F)F)c3)(C(F)(F)F)ON2)cc1Cl. The van der Waals surface area contributed by atoms with E-state index in [2.05, 4.69) is 21.4 Å². The molecule has 1 aliphatic rings. The minimum atomic E-state index is -5.06. The van der Waals surface area contributed by atoms with Crippen molar-refractivity contribution < 1.29 is 31.2 Å². The monoisotopic (exact) mass is 500 g/mol. The van der Waals surface area contributed by atoms with Crippen molar-refractivity contribution in [1.82, 2.24) is 5.48 Å². The van der Waals surface area contributed by atoms with Crippen molar-refractivity contribution >= 4 is 33.2 Å².